The van der Waals surface area contributed by atoms with Crippen molar-refractivity contribution in [3.05, 3.63) is 0 Å². The van der Waals surface area contributed by atoms with Crippen LogP contribution >= 0.6 is 0 Å². The third-order valence-corrected chi connectivity index (χ3v) is 3.02. The van der Waals surface area contributed by atoms with Gasteiger partial charge in [0.1, 0.15) is 6.04 Å². The maximum atomic E-state index is 11.7. The Morgan fingerprint density at radius 3 is 2.35 bits per heavy atom. The molecular weight excluding hydrogens is 224 g/mol. The average molecular weight is 242 g/mol. The molecule has 0 bridgehead atoms. The Balaban J connectivity index is 2.44. The lowest BCUT2D eigenvalue weighted by molar-refractivity contribution is -0.142. The maximum Gasteiger partial charge on any atom is 0.326 e. The van der Waals surface area contributed by atoms with Crippen LogP contribution in [0, 0.1) is 5.92 Å². The van der Waals surface area contributed by atoms with E-state index in [-0.39, 0.29) is 24.7 Å². The molecular formula is C11H18N2O4. The van der Waals surface area contributed by atoms with E-state index in [4.69, 9.17) is 10.8 Å². The van der Waals surface area contributed by atoms with E-state index in [1.165, 1.54) is 0 Å². The lowest BCUT2D eigenvalue weighted by Crippen LogP contribution is -2.43. The smallest absolute Gasteiger partial charge is 0.326 e. The van der Waals surface area contributed by atoms with Crippen molar-refractivity contribution in [2.75, 3.05) is 0 Å². The summed E-state index contributed by atoms with van der Waals surface area (Å²) in [7, 11) is 0. The summed E-state index contributed by atoms with van der Waals surface area (Å²) in [6.45, 7) is 0. The van der Waals surface area contributed by atoms with Crippen molar-refractivity contribution >= 4 is 17.8 Å². The maximum absolute atomic E-state index is 11.7. The van der Waals surface area contributed by atoms with Crippen LogP contribution in [0.3, 0.4) is 0 Å². The van der Waals surface area contributed by atoms with Gasteiger partial charge in [0.2, 0.25) is 11.8 Å². The molecule has 1 atom stereocenters. The van der Waals surface area contributed by atoms with Gasteiger partial charge in [0.05, 0.1) is 0 Å². The molecule has 6 nitrogen and oxygen atoms in total. The van der Waals surface area contributed by atoms with Gasteiger partial charge in [0.25, 0.3) is 0 Å². The number of rotatable bonds is 6. The Morgan fingerprint density at radius 1 is 1.29 bits per heavy atom. The van der Waals surface area contributed by atoms with Crippen LogP contribution in [0.15, 0.2) is 0 Å². The second-order valence-electron chi connectivity index (χ2n) is 4.39. The minimum Gasteiger partial charge on any atom is -0.480 e. The molecule has 0 saturated heterocycles. The van der Waals surface area contributed by atoms with Crippen LogP contribution in [-0.4, -0.2) is 28.9 Å². The van der Waals surface area contributed by atoms with E-state index in [9.17, 15) is 14.4 Å². The molecule has 1 fully saturated rings. The predicted molar refractivity (Wildman–Crippen MR) is 60.0 cm³/mol. The molecule has 96 valence electrons. The summed E-state index contributed by atoms with van der Waals surface area (Å²) < 4.78 is 0. The first-order chi connectivity index (χ1) is 8.00. The fourth-order valence-electron chi connectivity index (χ4n) is 2.02. The van der Waals surface area contributed by atoms with Crippen LogP contribution in [0.5, 0.6) is 0 Å². The van der Waals surface area contributed by atoms with E-state index in [1.54, 1.807) is 0 Å². The van der Waals surface area contributed by atoms with E-state index >= 15 is 0 Å². The van der Waals surface area contributed by atoms with Gasteiger partial charge in [-0.3, -0.25) is 9.59 Å². The first-order valence-electron chi connectivity index (χ1n) is 5.82. The molecule has 6 heteroatoms. The van der Waals surface area contributed by atoms with Gasteiger partial charge in [-0.05, 0) is 19.3 Å². The number of hydrogen-bond donors (Lipinski definition) is 3. The molecule has 1 aliphatic rings. The molecule has 17 heavy (non-hydrogen) atoms. The first kappa shape index (κ1) is 13.5. The van der Waals surface area contributed by atoms with Crippen LogP contribution in [0.2, 0.25) is 0 Å². The second kappa shape index (κ2) is 6.22. The van der Waals surface area contributed by atoms with Gasteiger partial charge in [-0.2, -0.15) is 0 Å². The minimum absolute atomic E-state index is 0.0398. The third kappa shape index (κ3) is 4.42. The zero-order valence-corrected chi connectivity index (χ0v) is 9.65. The topological polar surface area (TPSA) is 109 Å². The van der Waals surface area contributed by atoms with Crippen molar-refractivity contribution in [1.82, 2.24) is 5.32 Å². The highest BCUT2D eigenvalue weighted by atomic mass is 16.4. The number of aliphatic carboxylic acids is 1. The predicted octanol–water partition coefficient (Wildman–Crippen LogP) is 0.0115. The molecule has 0 heterocycles. The minimum atomic E-state index is -1.13. The number of carboxylic acids is 1. The first-order valence-corrected chi connectivity index (χ1v) is 5.82. The Kier molecular flexibility index (Phi) is 4.93. The van der Waals surface area contributed by atoms with Gasteiger partial charge < -0.3 is 16.2 Å². The molecule has 2 amide bonds. The number of primary amides is 1. The van der Waals surface area contributed by atoms with Gasteiger partial charge in [-0.15, -0.1) is 0 Å². The summed E-state index contributed by atoms with van der Waals surface area (Å²) in [6, 6.07) is -1.02. The normalized spacial score (nSPS) is 17.6. The summed E-state index contributed by atoms with van der Waals surface area (Å²) >= 11 is 0. The highest BCUT2D eigenvalue weighted by Crippen LogP contribution is 2.24. The molecule has 1 rings (SSSR count). The summed E-state index contributed by atoms with van der Waals surface area (Å²) in [5.74, 6) is -1.99. The van der Waals surface area contributed by atoms with Crippen molar-refractivity contribution in [2.45, 2.75) is 44.6 Å². The average Bonchev–Trinajstić information content (AvgIpc) is 2.76. The lowest BCUT2D eigenvalue weighted by atomic mass is 10.1. The number of amides is 2. The summed E-state index contributed by atoms with van der Waals surface area (Å²) in [5.41, 5.74) is 4.95. The number of nitrogens with two attached hydrogens (primary N) is 1. The Morgan fingerprint density at radius 2 is 1.88 bits per heavy atom. The summed E-state index contributed by atoms with van der Waals surface area (Å²) in [4.78, 5) is 33.2. The molecule has 0 radical (unpaired) electrons. The zero-order valence-electron chi connectivity index (χ0n) is 9.65. The molecule has 0 spiro atoms. The van der Waals surface area contributed by atoms with Gasteiger partial charge >= 0.3 is 5.97 Å². The molecule has 0 aliphatic heterocycles. The monoisotopic (exact) mass is 242 g/mol. The Bertz CT molecular complexity index is 311. The Labute approximate surface area is 99.6 Å². The molecule has 1 saturated carbocycles. The van der Waals surface area contributed by atoms with Crippen molar-refractivity contribution in [2.24, 2.45) is 11.7 Å². The zero-order chi connectivity index (χ0) is 12.8. The second-order valence-corrected chi connectivity index (χ2v) is 4.39. The van der Waals surface area contributed by atoms with E-state index < -0.39 is 17.9 Å². The SMILES string of the molecule is NC(=O)CC[C@H](NC(=O)C1CCCC1)C(=O)O. The molecule has 0 aromatic rings. The molecule has 0 aromatic heterocycles. The van der Waals surface area contributed by atoms with E-state index in [0.717, 1.165) is 25.7 Å². The number of carbonyl (C=O) groups is 3. The molecule has 0 aromatic carbocycles. The highest BCUT2D eigenvalue weighted by Gasteiger charge is 2.27. The molecule has 0 unspecified atom stereocenters. The highest BCUT2D eigenvalue weighted by molar-refractivity contribution is 5.85. The summed E-state index contributed by atoms with van der Waals surface area (Å²) in [5, 5.41) is 11.4. The van der Waals surface area contributed by atoms with Crippen molar-refractivity contribution in [1.29, 1.82) is 0 Å². The third-order valence-electron chi connectivity index (χ3n) is 3.02. The van der Waals surface area contributed by atoms with Crippen molar-refractivity contribution in [3.63, 3.8) is 0 Å². The van der Waals surface area contributed by atoms with Gasteiger partial charge in [0, 0.05) is 12.3 Å². The fourth-order valence-corrected chi connectivity index (χ4v) is 2.02. The quantitative estimate of drug-likeness (QED) is 0.609. The van der Waals surface area contributed by atoms with Gasteiger partial charge in [0.15, 0.2) is 0 Å². The van der Waals surface area contributed by atoms with Gasteiger partial charge in [-0.25, -0.2) is 4.79 Å². The standard InChI is InChI=1S/C11H18N2O4/c12-9(14)6-5-8(11(16)17)13-10(15)7-3-1-2-4-7/h7-8H,1-6H2,(H2,12,14)(H,13,15)(H,16,17)/t8-/m0/s1. The van der Waals surface area contributed by atoms with Crippen LogP contribution in [0.1, 0.15) is 38.5 Å². The van der Waals surface area contributed by atoms with E-state index in [1.807, 2.05) is 0 Å². The van der Waals surface area contributed by atoms with Crippen molar-refractivity contribution in [3.8, 4) is 0 Å². The number of hydrogen-bond acceptors (Lipinski definition) is 3. The van der Waals surface area contributed by atoms with Crippen LogP contribution in [-0.2, 0) is 14.4 Å². The largest absolute Gasteiger partial charge is 0.480 e. The van der Waals surface area contributed by atoms with Crippen molar-refractivity contribution < 1.29 is 19.5 Å². The Hall–Kier alpha value is -1.59. The van der Waals surface area contributed by atoms with Gasteiger partial charge in [-0.1, -0.05) is 12.8 Å². The summed E-state index contributed by atoms with van der Waals surface area (Å²) in [6.07, 6.45) is 3.65. The fraction of sp³-hybridized carbons (Fsp3) is 0.727. The molecule has 1 aliphatic carbocycles. The van der Waals surface area contributed by atoms with Crippen LogP contribution < -0.4 is 11.1 Å². The van der Waals surface area contributed by atoms with E-state index in [0.29, 0.717) is 0 Å². The number of carbonyl (C=O) groups excluding carboxylic acids is 2. The van der Waals surface area contributed by atoms with Crippen LogP contribution in [0.25, 0.3) is 0 Å². The lowest BCUT2D eigenvalue weighted by Gasteiger charge is -2.16. The van der Waals surface area contributed by atoms with E-state index in [2.05, 4.69) is 5.32 Å². The molecule has 4 N–H and O–H groups in total. The van der Waals surface area contributed by atoms with Crippen LogP contribution in [0.4, 0.5) is 0 Å². The number of nitrogens with one attached hydrogen (secondary N) is 1. The number of carboxylic acid groups (broad SMARTS) is 1.